The summed E-state index contributed by atoms with van der Waals surface area (Å²) in [6, 6.07) is 0. The maximum Gasteiger partial charge on any atom is 2.00 e. The minimum atomic E-state index is 0. The predicted molar refractivity (Wildman–Crippen MR) is 86.5 cm³/mol. The molecule has 0 aromatic heterocycles. The van der Waals surface area contributed by atoms with Gasteiger partial charge in [-0.3, -0.25) is 0 Å². The average Bonchev–Trinajstić information content (AvgIpc) is 2.61. The van der Waals surface area contributed by atoms with Crippen molar-refractivity contribution < 1.29 is 61.6 Å². The second-order valence-electron chi connectivity index (χ2n) is 4.47. The number of nitrogens with zero attached hydrogens (tertiary/aromatic N) is 5. The van der Waals surface area contributed by atoms with Crippen molar-refractivity contribution in [1.29, 1.82) is 0 Å². The van der Waals surface area contributed by atoms with Crippen molar-refractivity contribution in [2.75, 3.05) is 13.1 Å². The molecule has 1 saturated heterocycles. The normalized spacial score (nSPS) is 15.5. The van der Waals surface area contributed by atoms with Crippen LogP contribution in [-0.2, 0) is 16.8 Å². The van der Waals surface area contributed by atoms with E-state index >= 15 is 0 Å². The molecule has 4 N–H and O–H groups in total. The van der Waals surface area contributed by atoms with E-state index < -0.39 is 0 Å². The summed E-state index contributed by atoms with van der Waals surface area (Å²) < 4.78 is 0. The van der Waals surface area contributed by atoms with E-state index in [4.69, 9.17) is 20.8 Å². The fourth-order valence-corrected chi connectivity index (χ4v) is 1.03. The van der Waals surface area contributed by atoms with E-state index in [1.54, 1.807) is 0 Å². The molecular weight excluding hydrogens is 476 g/mol. The SMILES string of the molecule is C1CC[N-]CC1.CC(=N\O)/C(C)=N/O.CC(=N\O)/C(C)=N/O.[Co+2].[I-]. The first-order valence-corrected chi connectivity index (χ1v) is 6.83. The number of halogens is 1. The van der Waals surface area contributed by atoms with Gasteiger partial charge in [-0.2, -0.15) is 0 Å². The van der Waals surface area contributed by atoms with E-state index in [0.29, 0.717) is 22.8 Å². The largest absolute Gasteiger partial charge is 2.00 e. The van der Waals surface area contributed by atoms with Crippen LogP contribution < -0.4 is 24.0 Å². The molecule has 1 fully saturated rings. The molecule has 1 radical (unpaired) electrons. The Morgan fingerprint density at radius 3 is 0.958 bits per heavy atom. The summed E-state index contributed by atoms with van der Waals surface area (Å²) in [5, 5.41) is 47.4. The minimum absolute atomic E-state index is 0. The summed E-state index contributed by atoms with van der Waals surface area (Å²) >= 11 is 0. The summed E-state index contributed by atoms with van der Waals surface area (Å²) in [4.78, 5) is 0. The molecule has 0 bridgehead atoms. The summed E-state index contributed by atoms with van der Waals surface area (Å²) in [5.41, 5.74) is 1.25. The van der Waals surface area contributed by atoms with Gasteiger partial charge in [0.1, 0.15) is 22.8 Å². The van der Waals surface area contributed by atoms with Gasteiger partial charge in [0.15, 0.2) is 0 Å². The smallest absolute Gasteiger partial charge is 1.00 e. The predicted octanol–water partition coefficient (Wildman–Crippen LogP) is -0.0813. The van der Waals surface area contributed by atoms with Crippen molar-refractivity contribution in [2.24, 2.45) is 20.6 Å². The first-order valence-electron chi connectivity index (χ1n) is 6.83. The molecule has 0 spiro atoms. The van der Waals surface area contributed by atoms with Gasteiger partial charge < -0.3 is 50.1 Å². The fraction of sp³-hybridized carbons (Fsp3) is 0.692. The zero-order chi connectivity index (χ0) is 17.4. The molecule has 0 atom stereocenters. The zero-order valence-corrected chi connectivity index (χ0v) is 17.5. The molecule has 0 saturated carbocycles. The molecule has 0 aromatic rings. The Bertz CT molecular complexity index is 338. The molecule has 11 heteroatoms. The van der Waals surface area contributed by atoms with E-state index in [-0.39, 0.29) is 40.8 Å². The van der Waals surface area contributed by atoms with Crippen molar-refractivity contribution in [3.05, 3.63) is 5.32 Å². The summed E-state index contributed by atoms with van der Waals surface area (Å²) in [5.74, 6) is 0. The third-order valence-electron chi connectivity index (χ3n) is 2.78. The van der Waals surface area contributed by atoms with Crippen molar-refractivity contribution in [3.63, 3.8) is 0 Å². The van der Waals surface area contributed by atoms with Crippen LogP contribution in [0.1, 0.15) is 47.0 Å². The van der Waals surface area contributed by atoms with Crippen LogP contribution in [0.5, 0.6) is 0 Å². The van der Waals surface area contributed by atoms with Crippen molar-refractivity contribution in [3.8, 4) is 0 Å². The van der Waals surface area contributed by atoms with Gasteiger partial charge in [-0.25, -0.2) is 0 Å². The van der Waals surface area contributed by atoms with Crippen LogP contribution in [0.4, 0.5) is 0 Å². The van der Waals surface area contributed by atoms with Gasteiger partial charge >= 0.3 is 16.8 Å². The molecule has 9 nitrogen and oxygen atoms in total. The minimum Gasteiger partial charge on any atom is -1.00 e. The van der Waals surface area contributed by atoms with Gasteiger partial charge in [-0.1, -0.05) is 39.9 Å². The Morgan fingerprint density at radius 1 is 0.625 bits per heavy atom. The van der Waals surface area contributed by atoms with E-state index in [1.807, 2.05) is 0 Å². The number of rotatable bonds is 2. The molecule has 1 aliphatic rings. The van der Waals surface area contributed by atoms with Crippen LogP contribution in [-0.4, -0.2) is 56.8 Å². The van der Waals surface area contributed by atoms with Gasteiger partial charge in [-0.15, -0.1) is 13.1 Å². The van der Waals surface area contributed by atoms with Crippen LogP contribution in [0.25, 0.3) is 5.32 Å². The fourth-order valence-electron chi connectivity index (χ4n) is 1.03. The van der Waals surface area contributed by atoms with E-state index in [1.165, 1.54) is 47.0 Å². The molecule has 143 valence electrons. The van der Waals surface area contributed by atoms with Gasteiger partial charge in [-0.05, 0) is 27.7 Å². The Kier molecular flexibility index (Phi) is 28.4. The summed E-state index contributed by atoms with van der Waals surface area (Å²) in [7, 11) is 0. The molecular formula is C13H26CoIN5O4. The molecule has 1 heterocycles. The molecule has 1 aliphatic heterocycles. The summed E-state index contributed by atoms with van der Waals surface area (Å²) in [6.07, 6.45) is 4.07. The second-order valence-corrected chi connectivity index (χ2v) is 4.47. The van der Waals surface area contributed by atoms with Crippen LogP contribution in [0.15, 0.2) is 20.6 Å². The van der Waals surface area contributed by atoms with Crippen LogP contribution in [0.2, 0.25) is 0 Å². The van der Waals surface area contributed by atoms with Gasteiger partial charge in [0.2, 0.25) is 0 Å². The molecule has 0 unspecified atom stereocenters. The molecule has 0 aliphatic carbocycles. The maximum absolute atomic E-state index is 8.03. The van der Waals surface area contributed by atoms with Gasteiger partial charge in [0, 0.05) is 0 Å². The van der Waals surface area contributed by atoms with Gasteiger partial charge in [0.05, 0.1) is 0 Å². The molecule has 0 amide bonds. The number of hydrogen-bond acceptors (Lipinski definition) is 8. The standard InChI is InChI=1S/C5H10N.2C4H8N2O2.Co.HI/c1-2-4-6-5-3-1;2*1-3(5-7)4(2)6-8;;/h1-5H2;2*7-8H,1-2H3;;1H/q-1;;;+2;/p-1/b;2*5-3+,6-4+;;. The van der Waals surface area contributed by atoms with E-state index in [0.717, 1.165) is 13.1 Å². The van der Waals surface area contributed by atoms with Crippen molar-refractivity contribution in [2.45, 2.75) is 47.0 Å². The molecule has 1 rings (SSSR count). The number of hydrogen-bond donors (Lipinski definition) is 4. The molecule has 0 aromatic carbocycles. The topological polar surface area (TPSA) is 144 Å². The van der Waals surface area contributed by atoms with Gasteiger partial charge in [0.25, 0.3) is 0 Å². The Labute approximate surface area is 170 Å². The second kappa shape index (κ2) is 22.1. The Morgan fingerprint density at radius 2 is 0.875 bits per heavy atom. The van der Waals surface area contributed by atoms with Crippen LogP contribution in [0.3, 0.4) is 0 Å². The third-order valence-corrected chi connectivity index (χ3v) is 2.78. The third kappa shape index (κ3) is 19.1. The van der Waals surface area contributed by atoms with E-state index in [2.05, 4.69) is 25.9 Å². The first kappa shape index (κ1) is 30.9. The number of piperidine rings is 1. The Balaban J connectivity index is -0.000000121. The zero-order valence-electron chi connectivity index (χ0n) is 14.3. The summed E-state index contributed by atoms with van der Waals surface area (Å²) in [6.45, 7) is 8.40. The first-order chi connectivity index (χ1) is 10.4. The van der Waals surface area contributed by atoms with Crippen molar-refractivity contribution >= 4 is 22.8 Å². The van der Waals surface area contributed by atoms with Crippen LogP contribution in [0, 0.1) is 0 Å². The van der Waals surface area contributed by atoms with E-state index in [9.17, 15) is 0 Å². The Hall–Kier alpha value is -0.924. The quantitative estimate of drug-likeness (QED) is 0.181. The van der Waals surface area contributed by atoms with Crippen molar-refractivity contribution in [1.82, 2.24) is 0 Å². The maximum atomic E-state index is 8.03. The monoisotopic (exact) mass is 502 g/mol. The molecule has 24 heavy (non-hydrogen) atoms. The number of oxime groups is 4. The average molecular weight is 502 g/mol. The van der Waals surface area contributed by atoms with Crippen LogP contribution >= 0.6 is 0 Å².